The summed E-state index contributed by atoms with van der Waals surface area (Å²) in [5, 5.41) is 9.94. The van der Waals surface area contributed by atoms with E-state index < -0.39 is 54.2 Å². The first-order chi connectivity index (χ1) is 12.7. The second-order valence-corrected chi connectivity index (χ2v) is 9.78. The topological polar surface area (TPSA) is 250 Å². The first-order valence-corrected chi connectivity index (χ1v) is 11.7. The first-order valence-electron chi connectivity index (χ1n) is 7.14. The van der Waals surface area contributed by atoms with Gasteiger partial charge in [0.05, 0.1) is 12.7 Å². The summed E-state index contributed by atoms with van der Waals surface area (Å²) in [7, 11) is -16.5. The van der Waals surface area contributed by atoms with E-state index in [1.165, 1.54) is 12.3 Å². The number of anilines is 1. The minimum atomic E-state index is -5.65. The number of nitrogens with zero attached hydrogens (tertiary/aromatic N) is 2. The minimum absolute atomic E-state index is 0.0380. The molecular formula is C9H16N3O13P3. The standard InChI is InChI=1S/C9H16N3O13P3/c10-7-1-2-12(9(14)11-7)8-3-5(13)6(23-8)4-22-27(18,19)25-28(20,21)24-26(15,16)17/h1-2,5-6,8,13H,3-4H2,(H,18,19)(H,20,21)(H2,10,11,14)(H2,15,16,17)/t5-,6+,8+/m0/s1/i9+1,11+1,12+1. The number of hydrogen-bond donors (Lipinski definition) is 6. The van der Waals surface area contributed by atoms with Crippen LogP contribution in [0.2, 0.25) is 0 Å². The van der Waals surface area contributed by atoms with Crippen molar-refractivity contribution in [2.24, 2.45) is 0 Å². The molecule has 0 bridgehead atoms. The lowest BCUT2D eigenvalue weighted by Crippen LogP contribution is -2.28. The van der Waals surface area contributed by atoms with Crippen molar-refractivity contribution in [2.45, 2.75) is 24.9 Å². The highest BCUT2D eigenvalue weighted by molar-refractivity contribution is 7.66. The Morgan fingerprint density at radius 1 is 1.21 bits per heavy atom. The van der Waals surface area contributed by atoms with Crippen molar-refractivity contribution >= 4 is 29.3 Å². The fourth-order valence-electron chi connectivity index (χ4n) is 2.15. The SMILES string of the molecule is Nc1cc[15n]([C@H]2C[C@H](O)[C@@H](COP(=O)(O)OP(=O)(O)OP(=O)(O)O)O2)[13c](=O)[15n]1. The molecule has 1 aliphatic rings. The molecule has 5 atom stereocenters. The van der Waals surface area contributed by atoms with Crippen LogP contribution < -0.4 is 11.4 Å². The Balaban J connectivity index is 1.98. The summed E-state index contributed by atoms with van der Waals surface area (Å²) in [6.45, 7) is -0.849. The van der Waals surface area contributed by atoms with Gasteiger partial charge in [-0.1, -0.05) is 0 Å². The van der Waals surface area contributed by atoms with E-state index in [-0.39, 0.29) is 12.2 Å². The van der Waals surface area contributed by atoms with E-state index >= 15 is 0 Å². The lowest BCUT2D eigenvalue weighted by atomic mass is 10.2. The van der Waals surface area contributed by atoms with Crippen molar-refractivity contribution in [1.29, 1.82) is 0 Å². The monoisotopic (exact) mass is 470 g/mol. The lowest BCUT2D eigenvalue weighted by Gasteiger charge is -2.19. The van der Waals surface area contributed by atoms with Crippen molar-refractivity contribution in [1.82, 2.24) is 9.55 Å². The average Bonchev–Trinajstić information content (AvgIpc) is 2.82. The van der Waals surface area contributed by atoms with Gasteiger partial charge in [-0.15, -0.1) is 0 Å². The summed E-state index contributed by atoms with van der Waals surface area (Å²) in [5.41, 5.74) is 4.58. The van der Waals surface area contributed by atoms with Crippen molar-refractivity contribution in [3.05, 3.63) is 22.7 Å². The third kappa shape index (κ3) is 6.81. The van der Waals surface area contributed by atoms with Crippen molar-refractivity contribution in [3.8, 4) is 0 Å². The first kappa shape index (κ1) is 23.3. The second kappa shape index (κ2) is 8.40. The average molecular weight is 470 g/mol. The van der Waals surface area contributed by atoms with Crippen LogP contribution in [0.4, 0.5) is 5.82 Å². The van der Waals surface area contributed by atoms with Gasteiger partial charge in [0.15, 0.2) is 0 Å². The Labute approximate surface area is 155 Å². The maximum atomic E-state index is 11.8. The van der Waals surface area contributed by atoms with Gasteiger partial charge in [0.25, 0.3) is 0 Å². The number of nitrogens with two attached hydrogens (primary N) is 1. The molecule has 2 heterocycles. The lowest BCUT2D eigenvalue weighted by molar-refractivity contribution is -0.0449. The van der Waals surface area contributed by atoms with Crippen LogP contribution in [0.15, 0.2) is 17.1 Å². The third-order valence-electron chi connectivity index (χ3n) is 3.18. The van der Waals surface area contributed by atoms with Crippen molar-refractivity contribution < 1.29 is 56.3 Å². The van der Waals surface area contributed by atoms with Crippen molar-refractivity contribution in [3.63, 3.8) is 0 Å². The molecular weight excluding hydrogens is 454 g/mol. The molecule has 7 N–H and O–H groups in total. The summed E-state index contributed by atoms with van der Waals surface area (Å²) in [4.78, 5) is 50.5. The Hall–Kier alpha value is -0.990. The van der Waals surface area contributed by atoms with Gasteiger partial charge in [0, 0.05) is 12.6 Å². The molecule has 0 amide bonds. The smallest absolute Gasteiger partial charge is 0.390 e. The largest absolute Gasteiger partial charge is 0.490 e. The predicted molar refractivity (Wildman–Crippen MR) is 87.3 cm³/mol. The molecule has 160 valence electrons. The Morgan fingerprint density at radius 2 is 1.86 bits per heavy atom. The molecule has 1 fully saturated rings. The fourth-order valence-corrected chi connectivity index (χ4v) is 5.18. The normalized spacial score (nSPS) is 27.2. The molecule has 2 unspecified atom stereocenters. The summed E-state index contributed by atoms with van der Waals surface area (Å²) in [6.07, 6.45) is -2.42. The number of aliphatic hydroxyl groups is 1. The van der Waals surface area contributed by atoms with Gasteiger partial charge >= 0.3 is 29.2 Å². The quantitative estimate of drug-likeness (QED) is 0.245. The molecule has 1 saturated heterocycles. The number of hydrogen-bond acceptors (Lipinski definition) is 11. The van der Waals surface area contributed by atoms with Crippen molar-refractivity contribution in [2.75, 3.05) is 12.3 Å². The van der Waals surface area contributed by atoms with Gasteiger partial charge < -0.3 is 35.2 Å². The molecule has 2 rings (SSSR count). The van der Waals surface area contributed by atoms with E-state index in [1.807, 2.05) is 0 Å². The Morgan fingerprint density at radius 3 is 2.43 bits per heavy atom. The molecule has 0 spiro atoms. The van der Waals surface area contributed by atoms with Crippen LogP contribution in [-0.4, -0.2) is 53.0 Å². The highest BCUT2D eigenvalue weighted by Gasteiger charge is 2.42. The summed E-state index contributed by atoms with van der Waals surface area (Å²) in [6, 6.07) is 1.30. The van der Waals surface area contributed by atoms with Gasteiger partial charge in [-0.2, -0.15) is 13.6 Å². The highest BCUT2D eigenvalue weighted by atomic mass is 31.3. The third-order valence-corrected chi connectivity index (χ3v) is 6.99. The van der Waals surface area contributed by atoms with Crippen LogP contribution in [0.3, 0.4) is 0 Å². The van der Waals surface area contributed by atoms with E-state index in [9.17, 15) is 28.5 Å². The minimum Gasteiger partial charge on any atom is -0.390 e. The number of phosphoric ester groups is 1. The number of aliphatic hydroxyl groups excluding tert-OH is 1. The molecule has 0 saturated carbocycles. The van der Waals surface area contributed by atoms with Gasteiger partial charge in [0.2, 0.25) is 0 Å². The van der Waals surface area contributed by atoms with E-state index in [0.717, 1.165) is 4.57 Å². The number of ether oxygens (including phenoxy) is 1. The van der Waals surface area contributed by atoms with Gasteiger partial charge in [-0.05, 0) is 6.07 Å². The summed E-state index contributed by atoms with van der Waals surface area (Å²) >= 11 is 0. The van der Waals surface area contributed by atoms with E-state index in [1.54, 1.807) is 0 Å². The second-order valence-electron chi connectivity index (χ2n) is 5.36. The Bertz CT molecular complexity index is 914. The van der Waals surface area contributed by atoms with Gasteiger partial charge in [0.1, 0.15) is 18.1 Å². The molecule has 0 aliphatic carbocycles. The van der Waals surface area contributed by atoms with E-state index in [4.69, 9.17) is 25.2 Å². The Kier molecular flexibility index (Phi) is 6.99. The number of nitrogen functional groups attached to an aromatic ring is 1. The van der Waals surface area contributed by atoms with Gasteiger partial charge in [-0.3, -0.25) is 9.09 Å². The van der Waals surface area contributed by atoms with Crippen LogP contribution >= 0.6 is 23.5 Å². The van der Waals surface area contributed by atoms with Gasteiger partial charge in [-0.25, -0.2) is 18.5 Å². The zero-order chi connectivity index (χ0) is 21.3. The molecule has 0 radical (unpaired) electrons. The zero-order valence-corrected chi connectivity index (χ0v) is 16.3. The zero-order valence-electron chi connectivity index (χ0n) is 13.6. The molecule has 0 aromatic carbocycles. The van der Waals surface area contributed by atoms with E-state index in [2.05, 4.69) is 18.1 Å². The number of phosphoric acid groups is 3. The molecule has 28 heavy (non-hydrogen) atoms. The predicted octanol–water partition coefficient (Wildman–Crippen LogP) is -1.18. The molecule has 1 aromatic rings. The molecule has 19 heteroatoms. The van der Waals surface area contributed by atoms with E-state index in [0.29, 0.717) is 0 Å². The maximum absolute atomic E-state index is 11.8. The summed E-state index contributed by atoms with van der Waals surface area (Å²) in [5.74, 6) is -0.0380. The van der Waals surface area contributed by atoms with Crippen LogP contribution in [-0.2, 0) is 31.6 Å². The molecule has 16 nitrogen and oxygen atoms in total. The van der Waals surface area contributed by atoms with Crippen LogP contribution in [0.1, 0.15) is 12.6 Å². The highest BCUT2D eigenvalue weighted by Crippen LogP contribution is 2.66. The maximum Gasteiger partial charge on any atom is 0.490 e. The number of aromatic nitrogens is 2. The van der Waals surface area contributed by atoms with Crippen LogP contribution in [0.25, 0.3) is 0 Å². The molecule has 1 aliphatic heterocycles. The van der Waals surface area contributed by atoms with Crippen LogP contribution in [0, 0.1) is 0 Å². The summed E-state index contributed by atoms with van der Waals surface area (Å²) < 4.78 is 51.2. The van der Waals surface area contributed by atoms with Crippen LogP contribution in [0.5, 0.6) is 0 Å². The number of rotatable bonds is 8. The fraction of sp³-hybridized carbons (Fsp3) is 0.556. The molecule has 1 aromatic heterocycles.